The maximum absolute atomic E-state index is 11.4. The Morgan fingerprint density at radius 2 is 2.31 bits per heavy atom. The molecule has 1 heterocycles. The van der Waals surface area contributed by atoms with Gasteiger partial charge in [0.1, 0.15) is 11.6 Å². The van der Waals surface area contributed by atoms with Gasteiger partial charge in [0.25, 0.3) is 5.91 Å². The number of carbonyl (C=O) groups excluding carboxylic acids is 2. The Bertz CT molecular complexity index is 250. The molecule has 0 saturated carbocycles. The van der Waals surface area contributed by atoms with Crippen molar-refractivity contribution in [1.29, 1.82) is 0 Å². The summed E-state index contributed by atoms with van der Waals surface area (Å²) in [7, 11) is 0. The van der Waals surface area contributed by atoms with Gasteiger partial charge in [-0.1, -0.05) is 0 Å². The highest BCUT2D eigenvalue weighted by Crippen LogP contribution is 2.23. The van der Waals surface area contributed by atoms with Crippen LogP contribution in [0.3, 0.4) is 0 Å². The normalized spacial score (nSPS) is 30.7. The Morgan fingerprint density at radius 3 is 2.62 bits per heavy atom. The molecule has 2 unspecified atom stereocenters. The molecule has 0 aromatic rings. The lowest BCUT2D eigenvalue weighted by Crippen LogP contribution is -2.47. The summed E-state index contributed by atoms with van der Waals surface area (Å²) in [4.78, 5) is 23.5. The van der Waals surface area contributed by atoms with E-state index in [0.29, 0.717) is 13.0 Å². The highest BCUT2D eigenvalue weighted by Gasteiger charge is 2.43. The van der Waals surface area contributed by atoms with Gasteiger partial charge >= 0.3 is 0 Å². The van der Waals surface area contributed by atoms with Crippen molar-refractivity contribution in [2.45, 2.75) is 31.9 Å². The zero-order valence-electron chi connectivity index (χ0n) is 7.78. The highest BCUT2D eigenvalue weighted by atomic mass is 16.3. The van der Waals surface area contributed by atoms with Gasteiger partial charge in [-0.25, -0.2) is 0 Å². The molecule has 0 spiro atoms. The fourth-order valence-corrected chi connectivity index (χ4v) is 1.38. The average Bonchev–Trinajstić information content (AvgIpc) is 2.27. The number of primary amides is 1. The Kier molecular flexibility index (Phi) is 2.30. The van der Waals surface area contributed by atoms with Gasteiger partial charge in [0.15, 0.2) is 0 Å². The topological polar surface area (TPSA) is 83.6 Å². The maximum atomic E-state index is 11.4. The first-order chi connectivity index (χ1) is 5.86. The second-order valence-corrected chi connectivity index (χ2v) is 3.60. The van der Waals surface area contributed by atoms with Crippen LogP contribution < -0.4 is 5.73 Å². The van der Waals surface area contributed by atoms with Gasteiger partial charge in [0.05, 0.1) is 0 Å². The number of rotatable bonds is 2. The molecule has 74 valence electrons. The van der Waals surface area contributed by atoms with E-state index in [1.54, 1.807) is 6.92 Å². The first kappa shape index (κ1) is 9.98. The number of amides is 2. The first-order valence-electron chi connectivity index (χ1n) is 4.19. The monoisotopic (exact) mass is 186 g/mol. The van der Waals surface area contributed by atoms with E-state index in [1.165, 1.54) is 11.8 Å². The molecule has 0 aromatic carbocycles. The second-order valence-electron chi connectivity index (χ2n) is 3.60. The predicted molar refractivity (Wildman–Crippen MR) is 45.6 cm³/mol. The minimum absolute atomic E-state index is 0.351. The van der Waals surface area contributed by atoms with Crippen LogP contribution in [0.1, 0.15) is 20.3 Å². The van der Waals surface area contributed by atoms with E-state index >= 15 is 0 Å². The van der Waals surface area contributed by atoms with Crippen molar-refractivity contribution < 1.29 is 14.7 Å². The van der Waals surface area contributed by atoms with Gasteiger partial charge in [0, 0.05) is 13.0 Å². The third-order valence-electron chi connectivity index (χ3n) is 2.44. The lowest BCUT2D eigenvalue weighted by molar-refractivity contribution is -0.146. The third kappa shape index (κ3) is 1.65. The van der Waals surface area contributed by atoms with Crippen LogP contribution in [-0.2, 0) is 9.59 Å². The summed E-state index contributed by atoms with van der Waals surface area (Å²) >= 11 is 0. The minimum atomic E-state index is -1.33. The Morgan fingerprint density at radius 1 is 1.77 bits per heavy atom. The van der Waals surface area contributed by atoms with E-state index in [-0.39, 0.29) is 0 Å². The van der Waals surface area contributed by atoms with Crippen LogP contribution in [0.5, 0.6) is 0 Å². The summed E-state index contributed by atoms with van der Waals surface area (Å²) in [5, 5.41) is 9.52. The highest BCUT2D eigenvalue weighted by molar-refractivity contribution is 5.91. The molecular weight excluding hydrogens is 172 g/mol. The largest absolute Gasteiger partial charge is 0.380 e. The van der Waals surface area contributed by atoms with Crippen molar-refractivity contribution in [1.82, 2.24) is 4.90 Å². The van der Waals surface area contributed by atoms with Gasteiger partial charge < -0.3 is 15.7 Å². The number of hydrogen-bond donors (Lipinski definition) is 2. The predicted octanol–water partition coefficient (Wildman–Crippen LogP) is -1.16. The number of carbonyl (C=O) groups is 2. The smallest absolute Gasteiger partial charge is 0.254 e. The molecule has 0 aliphatic carbocycles. The molecule has 2 amide bonds. The fraction of sp³-hybridized carbons (Fsp3) is 0.750. The number of nitrogens with zero attached hydrogens (tertiary/aromatic N) is 1. The summed E-state index contributed by atoms with van der Waals surface area (Å²) in [5.41, 5.74) is 3.72. The van der Waals surface area contributed by atoms with E-state index in [2.05, 4.69) is 0 Å². The minimum Gasteiger partial charge on any atom is -0.380 e. The quantitative estimate of drug-likeness (QED) is 0.570. The molecular formula is C8H14N2O3. The van der Waals surface area contributed by atoms with Crippen LogP contribution in [-0.4, -0.2) is 40.0 Å². The third-order valence-corrected chi connectivity index (χ3v) is 2.44. The molecule has 1 fully saturated rings. The molecule has 0 aromatic heterocycles. The molecule has 5 nitrogen and oxygen atoms in total. The number of aliphatic hydroxyl groups is 1. The van der Waals surface area contributed by atoms with E-state index in [4.69, 9.17) is 5.73 Å². The van der Waals surface area contributed by atoms with Gasteiger partial charge in [-0.2, -0.15) is 0 Å². The second kappa shape index (κ2) is 2.99. The zero-order valence-corrected chi connectivity index (χ0v) is 7.78. The average molecular weight is 186 g/mol. The number of hydrogen-bond acceptors (Lipinski definition) is 3. The van der Waals surface area contributed by atoms with Crippen molar-refractivity contribution in [3.05, 3.63) is 0 Å². The molecule has 0 radical (unpaired) electrons. The Balaban J connectivity index is 2.76. The molecule has 1 rings (SSSR count). The standard InChI is InChI=1S/C8H14N2O3/c1-5(6(9)11)10-4-3-8(2,13)7(10)12/h5,13H,3-4H2,1-2H3,(H2,9,11). The van der Waals surface area contributed by atoms with Crippen molar-refractivity contribution in [2.24, 2.45) is 5.73 Å². The molecule has 1 aliphatic rings. The van der Waals surface area contributed by atoms with Crippen LogP contribution in [0, 0.1) is 0 Å². The van der Waals surface area contributed by atoms with Crippen LogP contribution in [0.25, 0.3) is 0 Å². The zero-order chi connectivity index (χ0) is 10.2. The van der Waals surface area contributed by atoms with Crippen LogP contribution in [0.2, 0.25) is 0 Å². The van der Waals surface area contributed by atoms with E-state index in [1.807, 2.05) is 0 Å². The van der Waals surface area contributed by atoms with Gasteiger partial charge in [0.2, 0.25) is 5.91 Å². The van der Waals surface area contributed by atoms with Crippen LogP contribution >= 0.6 is 0 Å². The molecule has 1 aliphatic heterocycles. The van der Waals surface area contributed by atoms with E-state index in [9.17, 15) is 14.7 Å². The van der Waals surface area contributed by atoms with Crippen LogP contribution in [0.15, 0.2) is 0 Å². The van der Waals surface area contributed by atoms with E-state index in [0.717, 1.165) is 0 Å². The molecule has 13 heavy (non-hydrogen) atoms. The van der Waals surface area contributed by atoms with Crippen molar-refractivity contribution >= 4 is 11.8 Å². The Labute approximate surface area is 76.5 Å². The van der Waals surface area contributed by atoms with E-state index < -0.39 is 23.5 Å². The van der Waals surface area contributed by atoms with Crippen molar-refractivity contribution in [2.75, 3.05) is 6.54 Å². The maximum Gasteiger partial charge on any atom is 0.254 e. The SMILES string of the molecule is CC(C(N)=O)N1CCC(C)(O)C1=O. The summed E-state index contributed by atoms with van der Waals surface area (Å²) < 4.78 is 0. The fourth-order valence-electron chi connectivity index (χ4n) is 1.38. The number of nitrogens with two attached hydrogens (primary N) is 1. The molecule has 3 N–H and O–H groups in total. The molecule has 2 atom stereocenters. The van der Waals surface area contributed by atoms with Gasteiger partial charge in [-0.05, 0) is 13.8 Å². The lowest BCUT2D eigenvalue weighted by atomic mass is 10.1. The summed E-state index contributed by atoms with van der Waals surface area (Å²) in [6, 6.07) is -0.638. The lowest BCUT2D eigenvalue weighted by Gasteiger charge is -2.22. The van der Waals surface area contributed by atoms with Gasteiger partial charge in [-0.15, -0.1) is 0 Å². The Hall–Kier alpha value is -1.10. The number of likely N-dealkylation sites (tertiary alicyclic amines) is 1. The van der Waals surface area contributed by atoms with Gasteiger partial charge in [-0.3, -0.25) is 9.59 Å². The molecule has 1 saturated heterocycles. The first-order valence-corrected chi connectivity index (χ1v) is 4.19. The summed E-state index contributed by atoms with van der Waals surface area (Å²) in [5.74, 6) is -0.968. The summed E-state index contributed by atoms with van der Waals surface area (Å²) in [6.07, 6.45) is 0.351. The molecule has 5 heteroatoms. The van der Waals surface area contributed by atoms with Crippen molar-refractivity contribution in [3.63, 3.8) is 0 Å². The van der Waals surface area contributed by atoms with Crippen molar-refractivity contribution in [3.8, 4) is 0 Å². The van der Waals surface area contributed by atoms with Crippen LogP contribution in [0.4, 0.5) is 0 Å². The molecule has 0 bridgehead atoms. The summed E-state index contributed by atoms with van der Waals surface area (Å²) in [6.45, 7) is 3.39.